The molecule has 1 aliphatic carbocycles. The van der Waals surface area contributed by atoms with E-state index < -0.39 is 0 Å². The van der Waals surface area contributed by atoms with Gasteiger partial charge < -0.3 is 14.9 Å². The van der Waals surface area contributed by atoms with Gasteiger partial charge in [0.05, 0.1) is 0 Å². The summed E-state index contributed by atoms with van der Waals surface area (Å²) in [5.41, 5.74) is 0. The van der Waals surface area contributed by atoms with Gasteiger partial charge in [-0.25, -0.2) is 0 Å². The number of rotatable bonds is 3. The van der Waals surface area contributed by atoms with E-state index in [0.717, 1.165) is 25.7 Å². The lowest BCUT2D eigenvalue weighted by molar-refractivity contribution is 0.0859. The second-order valence-electron chi connectivity index (χ2n) is 4.44. The van der Waals surface area contributed by atoms with Crippen LogP contribution >= 0.6 is 0 Å². The number of carbonyl (C=O) groups is 1. The molecule has 0 bridgehead atoms. The topological polar surface area (TPSA) is 88.2 Å². The average Bonchev–Trinajstić information content (AvgIpc) is 2.77. The fourth-order valence-electron chi connectivity index (χ4n) is 2.24. The van der Waals surface area contributed by atoms with Crippen LogP contribution in [0.15, 0.2) is 4.52 Å². The molecule has 6 heteroatoms. The second kappa shape index (κ2) is 5.27. The van der Waals surface area contributed by atoms with Gasteiger partial charge in [0.2, 0.25) is 5.89 Å². The van der Waals surface area contributed by atoms with Crippen molar-refractivity contribution in [3.05, 3.63) is 11.7 Å². The molecular formula is C11H17N3O3. The molecule has 0 aliphatic heterocycles. The minimum atomic E-state index is -0.327. The number of amides is 1. The zero-order valence-electron chi connectivity index (χ0n) is 9.85. The Morgan fingerprint density at radius 1 is 1.53 bits per heavy atom. The molecule has 1 fully saturated rings. The molecule has 1 aromatic heterocycles. The Hall–Kier alpha value is -1.43. The van der Waals surface area contributed by atoms with Crippen LogP contribution in [0.1, 0.15) is 42.2 Å². The van der Waals surface area contributed by atoms with Crippen LogP contribution in [0.4, 0.5) is 0 Å². The lowest BCUT2D eigenvalue weighted by Gasteiger charge is -2.30. The summed E-state index contributed by atoms with van der Waals surface area (Å²) in [7, 11) is 0. The Balaban J connectivity index is 1.97. The number of aryl methyl sites for hydroxylation is 1. The molecule has 1 aromatic rings. The van der Waals surface area contributed by atoms with E-state index in [-0.39, 0.29) is 30.3 Å². The first-order chi connectivity index (χ1) is 8.20. The van der Waals surface area contributed by atoms with E-state index in [0.29, 0.717) is 5.89 Å². The fraction of sp³-hybridized carbons (Fsp3) is 0.727. The van der Waals surface area contributed by atoms with Crippen molar-refractivity contribution in [2.24, 2.45) is 5.92 Å². The summed E-state index contributed by atoms with van der Waals surface area (Å²) in [5, 5.41) is 15.7. The van der Waals surface area contributed by atoms with E-state index in [9.17, 15) is 9.90 Å². The van der Waals surface area contributed by atoms with Gasteiger partial charge in [0.15, 0.2) is 0 Å². The summed E-state index contributed by atoms with van der Waals surface area (Å²) >= 11 is 0. The molecule has 17 heavy (non-hydrogen) atoms. The van der Waals surface area contributed by atoms with E-state index in [1.807, 2.05) is 0 Å². The van der Waals surface area contributed by atoms with Crippen molar-refractivity contribution in [2.45, 2.75) is 38.6 Å². The molecule has 1 heterocycles. The highest BCUT2D eigenvalue weighted by Gasteiger charge is 2.27. The summed E-state index contributed by atoms with van der Waals surface area (Å²) in [6.45, 7) is 1.75. The Kier molecular flexibility index (Phi) is 3.73. The van der Waals surface area contributed by atoms with Gasteiger partial charge in [-0.1, -0.05) is 18.0 Å². The molecule has 2 unspecified atom stereocenters. The zero-order chi connectivity index (χ0) is 12.3. The molecule has 0 spiro atoms. The van der Waals surface area contributed by atoms with Crippen LogP contribution in [0.3, 0.4) is 0 Å². The normalized spacial score (nSPS) is 24.6. The monoisotopic (exact) mass is 239 g/mol. The number of aliphatic hydroxyl groups excluding tert-OH is 1. The van der Waals surface area contributed by atoms with Crippen molar-refractivity contribution < 1.29 is 14.4 Å². The van der Waals surface area contributed by atoms with Crippen LogP contribution < -0.4 is 5.32 Å². The van der Waals surface area contributed by atoms with Crippen LogP contribution in [0.25, 0.3) is 0 Å². The maximum Gasteiger partial charge on any atom is 0.292 e. The molecule has 2 atom stereocenters. The highest BCUT2D eigenvalue weighted by Crippen LogP contribution is 2.24. The van der Waals surface area contributed by atoms with E-state index in [1.165, 1.54) is 0 Å². The summed E-state index contributed by atoms with van der Waals surface area (Å²) in [4.78, 5) is 15.7. The lowest BCUT2D eigenvalue weighted by atomic mass is 9.85. The molecule has 1 aliphatic rings. The zero-order valence-corrected chi connectivity index (χ0v) is 9.85. The maximum atomic E-state index is 11.8. The summed E-state index contributed by atoms with van der Waals surface area (Å²) in [6, 6.07) is 0.0139. The van der Waals surface area contributed by atoms with Gasteiger partial charge in [-0.05, 0) is 12.8 Å². The third kappa shape index (κ3) is 2.82. The standard InChI is InChI=1S/C11H17N3O3/c1-7-12-10(14-17-7)11(16)13-9-5-3-2-4-8(9)6-15/h8-9,15H,2-6H2,1H3,(H,13,16). The van der Waals surface area contributed by atoms with Crippen molar-refractivity contribution in [1.82, 2.24) is 15.5 Å². The molecule has 0 saturated heterocycles. The second-order valence-corrected chi connectivity index (χ2v) is 4.44. The quantitative estimate of drug-likeness (QED) is 0.808. The van der Waals surface area contributed by atoms with E-state index >= 15 is 0 Å². The van der Waals surface area contributed by atoms with Crippen molar-refractivity contribution in [3.63, 3.8) is 0 Å². The third-order valence-corrected chi connectivity index (χ3v) is 3.19. The largest absolute Gasteiger partial charge is 0.396 e. The molecule has 1 amide bonds. The Morgan fingerprint density at radius 3 is 2.94 bits per heavy atom. The highest BCUT2D eigenvalue weighted by atomic mass is 16.5. The molecule has 2 N–H and O–H groups in total. The van der Waals surface area contributed by atoms with Gasteiger partial charge in [-0.15, -0.1) is 0 Å². The number of nitrogens with zero attached hydrogens (tertiary/aromatic N) is 2. The predicted molar refractivity (Wildman–Crippen MR) is 59.3 cm³/mol. The van der Waals surface area contributed by atoms with Crippen LogP contribution in [0.5, 0.6) is 0 Å². The molecular weight excluding hydrogens is 222 g/mol. The average molecular weight is 239 g/mol. The fourth-order valence-corrected chi connectivity index (χ4v) is 2.24. The number of hydrogen-bond donors (Lipinski definition) is 2. The van der Waals surface area contributed by atoms with Gasteiger partial charge in [-0.2, -0.15) is 4.98 Å². The van der Waals surface area contributed by atoms with Crippen LogP contribution in [0.2, 0.25) is 0 Å². The number of aliphatic hydroxyl groups is 1. The van der Waals surface area contributed by atoms with E-state index in [4.69, 9.17) is 4.52 Å². The highest BCUT2D eigenvalue weighted by molar-refractivity contribution is 5.90. The third-order valence-electron chi connectivity index (χ3n) is 3.19. The van der Waals surface area contributed by atoms with Crippen LogP contribution in [-0.2, 0) is 0 Å². The van der Waals surface area contributed by atoms with Crippen LogP contribution in [0, 0.1) is 12.8 Å². The number of carbonyl (C=O) groups excluding carboxylic acids is 1. The van der Waals surface area contributed by atoms with Gasteiger partial charge >= 0.3 is 0 Å². The van der Waals surface area contributed by atoms with E-state index in [1.54, 1.807) is 6.92 Å². The minimum absolute atomic E-state index is 0.0139. The summed E-state index contributed by atoms with van der Waals surface area (Å²) in [5.74, 6) is 0.246. The first-order valence-corrected chi connectivity index (χ1v) is 5.92. The molecule has 1 saturated carbocycles. The SMILES string of the molecule is Cc1nc(C(=O)NC2CCCCC2CO)no1. The first-order valence-electron chi connectivity index (χ1n) is 5.92. The Labute approximate surface area is 99.4 Å². The van der Waals surface area contributed by atoms with Crippen molar-refractivity contribution in [2.75, 3.05) is 6.61 Å². The summed E-state index contributed by atoms with van der Waals surface area (Å²) in [6.07, 6.45) is 4.03. The predicted octanol–water partition coefficient (Wildman–Crippen LogP) is 0.659. The Bertz CT molecular complexity index is 391. The van der Waals surface area contributed by atoms with Gasteiger partial charge in [0.25, 0.3) is 11.7 Å². The van der Waals surface area contributed by atoms with Gasteiger partial charge in [-0.3, -0.25) is 4.79 Å². The van der Waals surface area contributed by atoms with Gasteiger partial charge in [0.1, 0.15) is 0 Å². The number of aromatic nitrogens is 2. The van der Waals surface area contributed by atoms with Crippen molar-refractivity contribution >= 4 is 5.91 Å². The molecule has 0 aromatic carbocycles. The van der Waals surface area contributed by atoms with Crippen molar-refractivity contribution in [1.29, 1.82) is 0 Å². The number of nitrogens with one attached hydrogen (secondary N) is 1. The van der Waals surface area contributed by atoms with E-state index in [2.05, 4.69) is 15.5 Å². The molecule has 0 radical (unpaired) electrons. The van der Waals surface area contributed by atoms with Gasteiger partial charge in [0, 0.05) is 25.5 Å². The number of hydrogen-bond acceptors (Lipinski definition) is 5. The molecule has 2 rings (SSSR count). The minimum Gasteiger partial charge on any atom is -0.396 e. The van der Waals surface area contributed by atoms with Crippen molar-refractivity contribution in [3.8, 4) is 0 Å². The lowest BCUT2D eigenvalue weighted by Crippen LogP contribution is -2.43. The van der Waals surface area contributed by atoms with Crippen LogP contribution in [-0.4, -0.2) is 33.8 Å². The summed E-state index contributed by atoms with van der Waals surface area (Å²) < 4.78 is 4.76. The Morgan fingerprint density at radius 2 is 2.29 bits per heavy atom. The first kappa shape index (κ1) is 12.0. The molecule has 6 nitrogen and oxygen atoms in total. The molecule has 94 valence electrons. The smallest absolute Gasteiger partial charge is 0.292 e. The maximum absolute atomic E-state index is 11.8.